The maximum Gasteiger partial charge on any atom is 0.368 e. The van der Waals surface area contributed by atoms with Gasteiger partial charge >= 0.3 is 11.5 Å². The minimum Gasteiger partial charge on any atom is -0.496 e. The number of amides is 1. The van der Waals surface area contributed by atoms with E-state index in [0.29, 0.717) is 44.6 Å². The highest BCUT2D eigenvalue weighted by Crippen LogP contribution is 2.44. The largest absolute Gasteiger partial charge is 0.496 e. The molecule has 0 saturated carbocycles. The van der Waals surface area contributed by atoms with Gasteiger partial charge in [0, 0.05) is 41.2 Å². The predicted octanol–water partition coefficient (Wildman–Crippen LogP) is 5.82. The number of aromatic amines is 1. The molecule has 0 aliphatic carbocycles. The van der Waals surface area contributed by atoms with E-state index in [4.69, 9.17) is 13.6 Å². The molecular formula is C35H34FN4O7S+. The van der Waals surface area contributed by atoms with Crippen molar-refractivity contribution in [3.63, 3.8) is 0 Å². The number of hydrogen-bond acceptors (Lipinski definition) is 8. The number of methoxy groups -OCH3 is 1. The van der Waals surface area contributed by atoms with E-state index in [0.717, 1.165) is 6.26 Å². The number of hydrogen-bond donors (Lipinski definition) is 2. The molecule has 0 aliphatic heterocycles. The molecule has 0 unspecified atom stereocenters. The number of fused-ring (bicyclic) bond motifs is 2. The van der Waals surface area contributed by atoms with Gasteiger partial charge in [0.1, 0.15) is 28.5 Å². The molecule has 0 atom stereocenters. The Labute approximate surface area is 276 Å². The lowest BCUT2D eigenvalue weighted by Gasteiger charge is -2.28. The van der Waals surface area contributed by atoms with E-state index >= 15 is 0 Å². The number of carbonyl (C=O) groups excluding carboxylic acids is 1. The molecule has 248 valence electrons. The SMILES string of the molecule is CNC(=O)c1c(-c2ccc(F)cc2)oc2cc(N(CCC(C)(C)O)S(C)(=O)=O)c(-c3ccc(OC)c(-c4nc5[nH+]cccc5o4)c3)cc12. The maximum atomic E-state index is 13.8. The van der Waals surface area contributed by atoms with Gasteiger partial charge in [-0.3, -0.25) is 9.10 Å². The topological polar surface area (TPSA) is 149 Å². The molecule has 3 N–H and O–H groups in total. The van der Waals surface area contributed by atoms with Gasteiger partial charge in [-0.15, -0.1) is 0 Å². The first-order chi connectivity index (χ1) is 22.8. The third-order valence-electron chi connectivity index (χ3n) is 7.92. The highest BCUT2D eigenvalue weighted by molar-refractivity contribution is 7.92. The third-order valence-corrected chi connectivity index (χ3v) is 9.10. The second-order valence-electron chi connectivity index (χ2n) is 12.0. The summed E-state index contributed by atoms with van der Waals surface area (Å²) in [5.41, 5.74) is 2.50. The maximum absolute atomic E-state index is 13.8. The Balaban J connectivity index is 1.65. The van der Waals surface area contributed by atoms with E-state index in [1.165, 1.54) is 42.7 Å². The van der Waals surface area contributed by atoms with Crippen molar-refractivity contribution in [1.82, 2.24) is 10.3 Å². The fraction of sp³-hybridized carbons (Fsp3) is 0.229. The number of ether oxygens (including phenoxy) is 1. The molecule has 6 aromatic rings. The Morgan fingerprint density at radius 3 is 2.42 bits per heavy atom. The quantitative estimate of drug-likeness (QED) is 0.185. The van der Waals surface area contributed by atoms with Gasteiger partial charge in [-0.25, -0.2) is 17.8 Å². The molecule has 1 amide bonds. The van der Waals surface area contributed by atoms with Crippen molar-refractivity contribution in [3.8, 4) is 39.7 Å². The molecule has 3 aromatic carbocycles. The van der Waals surface area contributed by atoms with Crippen LogP contribution in [0.5, 0.6) is 5.75 Å². The van der Waals surface area contributed by atoms with Crippen molar-refractivity contribution >= 4 is 43.8 Å². The van der Waals surface area contributed by atoms with Gasteiger partial charge in [0.2, 0.25) is 15.6 Å². The fourth-order valence-corrected chi connectivity index (χ4v) is 6.46. The van der Waals surface area contributed by atoms with Crippen molar-refractivity contribution in [2.24, 2.45) is 0 Å². The van der Waals surface area contributed by atoms with Crippen molar-refractivity contribution in [3.05, 3.63) is 84.3 Å². The van der Waals surface area contributed by atoms with Crippen LogP contribution in [0.1, 0.15) is 30.6 Å². The van der Waals surface area contributed by atoms with Crippen LogP contribution in [-0.4, -0.2) is 57.0 Å². The van der Waals surface area contributed by atoms with Crippen LogP contribution >= 0.6 is 0 Å². The number of H-pyrrole nitrogens is 1. The molecule has 6 rings (SSSR count). The van der Waals surface area contributed by atoms with Gasteiger partial charge < -0.3 is 24.0 Å². The first kappa shape index (κ1) is 32.7. The molecule has 0 bridgehead atoms. The van der Waals surface area contributed by atoms with E-state index in [1.54, 1.807) is 62.5 Å². The zero-order chi connectivity index (χ0) is 34.4. The van der Waals surface area contributed by atoms with Gasteiger partial charge in [0.25, 0.3) is 5.91 Å². The highest BCUT2D eigenvalue weighted by Gasteiger charge is 2.30. The highest BCUT2D eigenvalue weighted by atomic mass is 32.2. The molecule has 0 spiro atoms. The number of oxazole rings is 1. The molecule has 0 saturated heterocycles. The number of benzene rings is 3. The molecule has 0 fully saturated rings. The number of furan rings is 1. The van der Waals surface area contributed by atoms with Gasteiger partial charge in [-0.1, -0.05) is 6.07 Å². The summed E-state index contributed by atoms with van der Waals surface area (Å²) in [6.07, 6.45) is 2.93. The Hall–Kier alpha value is -5.27. The first-order valence-corrected chi connectivity index (χ1v) is 16.9. The number of aromatic nitrogens is 2. The second kappa shape index (κ2) is 12.4. The first-order valence-electron chi connectivity index (χ1n) is 15.0. The van der Waals surface area contributed by atoms with E-state index in [2.05, 4.69) is 15.3 Å². The average Bonchev–Trinajstić information content (AvgIpc) is 3.64. The molecule has 13 heteroatoms. The molecule has 0 aliphatic rings. The van der Waals surface area contributed by atoms with Crippen LogP contribution in [0, 0.1) is 5.82 Å². The van der Waals surface area contributed by atoms with Gasteiger partial charge in [-0.2, -0.15) is 0 Å². The van der Waals surface area contributed by atoms with E-state index in [1.807, 2.05) is 0 Å². The number of carbonyl (C=O) groups is 1. The monoisotopic (exact) mass is 673 g/mol. The van der Waals surface area contributed by atoms with E-state index < -0.39 is 27.3 Å². The standard InChI is InChI=1S/C35H33FN4O7S/c1-35(2,42)14-16-40(48(5,43)44)26-19-29-24(30(33(41)37-3)31(46-29)20-8-11-22(36)12-9-20)18-23(26)21-10-13-27(45-4)25(17-21)34-39-32-28(47-34)7-6-15-38-32/h6-13,15,17-19,42H,14,16H2,1-5H3,(H,37,41)/p+1. The number of halogens is 1. The Bertz CT molecular complexity index is 2240. The Morgan fingerprint density at radius 1 is 1.04 bits per heavy atom. The van der Waals surface area contributed by atoms with Crippen molar-refractivity contribution in [2.75, 3.05) is 31.3 Å². The van der Waals surface area contributed by atoms with Crippen LogP contribution in [0.25, 0.3) is 56.1 Å². The summed E-state index contributed by atoms with van der Waals surface area (Å²) in [5.74, 6) is 0.00945. The summed E-state index contributed by atoms with van der Waals surface area (Å²) < 4.78 is 59.8. The second-order valence-corrected chi connectivity index (χ2v) is 13.9. The molecule has 0 radical (unpaired) electrons. The van der Waals surface area contributed by atoms with Crippen LogP contribution < -0.4 is 19.3 Å². The number of nitrogens with zero attached hydrogens (tertiary/aromatic N) is 2. The smallest absolute Gasteiger partial charge is 0.368 e. The molecule has 3 heterocycles. The number of rotatable bonds is 10. The summed E-state index contributed by atoms with van der Waals surface area (Å²) in [5, 5.41) is 13.6. The molecule has 3 aromatic heterocycles. The zero-order valence-electron chi connectivity index (χ0n) is 26.9. The van der Waals surface area contributed by atoms with Gasteiger partial charge in [0.05, 0.1) is 36.4 Å². The van der Waals surface area contributed by atoms with Crippen molar-refractivity contribution in [2.45, 2.75) is 25.9 Å². The molecule has 48 heavy (non-hydrogen) atoms. The summed E-state index contributed by atoms with van der Waals surface area (Å²) in [6.45, 7) is 3.14. The summed E-state index contributed by atoms with van der Waals surface area (Å²) >= 11 is 0. The average molecular weight is 674 g/mol. The lowest BCUT2D eigenvalue weighted by molar-refractivity contribution is -0.347. The minimum absolute atomic E-state index is 0.0569. The van der Waals surface area contributed by atoms with Crippen LogP contribution in [0.3, 0.4) is 0 Å². The van der Waals surface area contributed by atoms with Gasteiger partial charge in [0.15, 0.2) is 0 Å². The third kappa shape index (κ3) is 6.34. The van der Waals surface area contributed by atoms with Crippen LogP contribution in [-0.2, 0) is 10.0 Å². The minimum atomic E-state index is -3.91. The molecule has 11 nitrogen and oxygen atoms in total. The van der Waals surface area contributed by atoms with Gasteiger partial charge in [-0.05, 0) is 80.4 Å². The summed E-state index contributed by atoms with van der Waals surface area (Å²) in [7, 11) is -0.908. The lowest BCUT2D eigenvalue weighted by Crippen LogP contribution is -2.35. The van der Waals surface area contributed by atoms with E-state index in [9.17, 15) is 22.7 Å². The van der Waals surface area contributed by atoms with Crippen LogP contribution in [0.2, 0.25) is 0 Å². The Kier molecular flexibility index (Phi) is 8.44. The van der Waals surface area contributed by atoms with Crippen LogP contribution in [0.15, 0.2) is 81.8 Å². The number of sulfonamides is 1. The summed E-state index contributed by atoms with van der Waals surface area (Å²) in [4.78, 5) is 21.0. The number of aliphatic hydroxyl groups is 1. The van der Waals surface area contributed by atoms with Crippen molar-refractivity contribution < 1.29 is 41.3 Å². The Morgan fingerprint density at radius 2 is 1.77 bits per heavy atom. The predicted molar refractivity (Wildman–Crippen MR) is 180 cm³/mol. The molecular weight excluding hydrogens is 639 g/mol. The fourth-order valence-electron chi connectivity index (χ4n) is 5.53. The normalized spacial score (nSPS) is 12.1. The zero-order valence-corrected chi connectivity index (χ0v) is 27.7. The van der Waals surface area contributed by atoms with Crippen molar-refractivity contribution in [1.29, 1.82) is 0 Å². The number of anilines is 1. The van der Waals surface area contributed by atoms with Crippen LogP contribution in [0.4, 0.5) is 10.1 Å². The number of nitrogens with one attached hydrogen (secondary N) is 2. The van der Waals surface area contributed by atoms with E-state index in [-0.39, 0.29) is 41.5 Å². The lowest BCUT2D eigenvalue weighted by atomic mass is 9.96. The summed E-state index contributed by atoms with van der Waals surface area (Å²) in [6, 6.07) is 17.6. The number of pyridine rings is 1.